The van der Waals surface area contributed by atoms with Gasteiger partial charge in [0.25, 0.3) is 0 Å². The van der Waals surface area contributed by atoms with Gasteiger partial charge in [-0.2, -0.15) is 0 Å². The van der Waals surface area contributed by atoms with E-state index in [-0.39, 0.29) is 0 Å². The van der Waals surface area contributed by atoms with Gasteiger partial charge in [0.2, 0.25) is 0 Å². The van der Waals surface area contributed by atoms with Crippen LogP contribution in [0.2, 0.25) is 0 Å². The standard InChI is InChI=1S/C6H10O6/c7-1-2(8)5-3(9)4(10)6(11)12-5/h2-5,7-10H,1H2/t2?,3-,4+,5+/m0/s1. The smallest absolute Gasteiger partial charge is 0.338 e. The van der Waals surface area contributed by atoms with Crippen LogP contribution in [0.15, 0.2) is 0 Å². The fourth-order valence-corrected chi connectivity index (χ4v) is 1.00. The number of carbonyl (C=O) groups is 1. The third kappa shape index (κ3) is 1.42. The first-order valence-corrected chi connectivity index (χ1v) is 3.43. The van der Waals surface area contributed by atoms with Crippen LogP contribution < -0.4 is 0 Å². The van der Waals surface area contributed by atoms with E-state index in [0.29, 0.717) is 0 Å². The van der Waals surface area contributed by atoms with Crippen molar-refractivity contribution in [1.29, 1.82) is 0 Å². The summed E-state index contributed by atoms with van der Waals surface area (Å²) in [7, 11) is 0. The van der Waals surface area contributed by atoms with E-state index in [1.165, 1.54) is 0 Å². The molecule has 1 aliphatic heterocycles. The summed E-state index contributed by atoms with van der Waals surface area (Å²) < 4.78 is 4.39. The Morgan fingerprint density at radius 2 is 2.08 bits per heavy atom. The van der Waals surface area contributed by atoms with Gasteiger partial charge in [-0.1, -0.05) is 0 Å². The lowest BCUT2D eigenvalue weighted by Gasteiger charge is -2.17. The minimum atomic E-state index is -1.63. The van der Waals surface area contributed by atoms with E-state index >= 15 is 0 Å². The van der Waals surface area contributed by atoms with Crippen molar-refractivity contribution >= 4 is 5.97 Å². The van der Waals surface area contributed by atoms with E-state index in [2.05, 4.69) is 4.74 Å². The van der Waals surface area contributed by atoms with Gasteiger partial charge in [0.15, 0.2) is 12.2 Å². The summed E-state index contributed by atoms with van der Waals surface area (Å²) >= 11 is 0. The summed E-state index contributed by atoms with van der Waals surface area (Å²) in [4.78, 5) is 10.6. The maximum absolute atomic E-state index is 10.6. The molecule has 0 aliphatic carbocycles. The molecule has 1 unspecified atom stereocenters. The molecule has 0 radical (unpaired) electrons. The van der Waals surface area contributed by atoms with Gasteiger partial charge >= 0.3 is 5.97 Å². The molecular formula is C6H10O6. The Morgan fingerprint density at radius 1 is 1.50 bits per heavy atom. The van der Waals surface area contributed by atoms with Crippen molar-refractivity contribution in [3.05, 3.63) is 0 Å². The minimum Gasteiger partial charge on any atom is -0.455 e. The molecule has 1 rings (SSSR count). The topological polar surface area (TPSA) is 107 Å². The predicted octanol–water partition coefficient (Wildman–Crippen LogP) is -3.01. The number of carbonyl (C=O) groups excluding carboxylic acids is 1. The van der Waals surface area contributed by atoms with Crippen molar-refractivity contribution < 1.29 is 30.0 Å². The molecule has 1 saturated heterocycles. The zero-order valence-electron chi connectivity index (χ0n) is 6.12. The van der Waals surface area contributed by atoms with Gasteiger partial charge in [0.05, 0.1) is 6.61 Å². The van der Waals surface area contributed by atoms with Crippen LogP contribution >= 0.6 is 0 Å². The van der Waals surface area contributed by atoms with Crippen LogP contribution in [0.25, 0.3) is 0 Å². The number of rotatable bonds is 2. The third-order valence-electron chi connectivity index (χ3n) is 1.72. The van der Waals surface area contributed by atoms with Gasteiger partial charge in [0, 0.05) is 0 Å². The molecule has 12 heavy (non-hydrogen) atoms. The normalized spacial score (nSPS) is 38.0. The monoisotopic (exact) mass is 178 g/mol. The molecule has 4 N–H and O–H groups in total. The largest absolute Gasteiger partial charge is 0.455 e. The van der Waals surface area contributed by atoms with Crippen LogP contribution in [-0.2, 0) is 9.53 Å². The maximum atomic E-state index is 10.6. The van der Waals surface area contributed by atoms with Crippen molar-refractivity contribution in [2.45, 2.75) is 24.4 Å². The van der Waals surface area contributed by atoms with Gasteiger partial charge in [-0.25, -0.2) is 4.79 Å². The average Bonchev–Trinajstić information content (AvgIpc) is 2.32. The highest BCUT2D eigenvalue weighted by Crippen LogP contribution is 2.18. The second-order valence-corrected chi connectivity index (χ2v) is 2.59. The Balaban J connectivity index is 2.64. The summed E-state index contributed by atoms with van der Waals surface area (Å²) in [6.07, 6.45) is -5.70. The molecule has 1 heterocycles. The molecule has 0 amide bonds. The summed E-state index contributed by atoms with van der Waals surface area (Å²) in [5, 5.41) is 35.3. The molecule has 0 aromatic heterocycles. The zero-order valence-corrected chi connectivity index (χ0v) is 6.12. The van der Waals surface area contributed by atoms with E-state index in [1.807, 2.05) is 0 Å². The van der Waals surface area contributed by atoms with Gasteiger partial charge < -0.3 is 25.2 Å². The number of esters is 1. The lowest BCUT2D eigenvalue weighted by atomic mass is 10.1. The summed E-state index contributed by atoms with van der Waals surface area (Å²) in [5.41, 5.74) is 0. The first-order valence-electron chi connectivity index (χ1n) is 3.43. The van der Waals surface area contributed by atoms with Gasteiger partial charge in [-0.05, 0) is 0 Å². The number of cyclic esters (lactones) is 1. The van der Waals surface area contributed by atoms with Crippen LogP contribution in [0.1, 0.15) is 0 Å². The minimum absolute atomic E-state index is 0.637. The fraction of sp³-hybridized carbons (Fsp3) is 0.833. The van der Waals surface area contributed by atoms with Crippen molar-refractivity contribution in [2.75, 3.05) is 6.61 Å². The predicted molar refractivity (Wildman–Crippen MR) is 35.0 cm³/mol. The van der Waals surface area contributed by atoms with E-state index in [0.717, 1.165) is 0 Å². The number of aliphatic hydroxyl groups excluding tert-OH is 4. The SMILES string of the molecule is O=C1O[C@H](C(O)CO)[C@@H](O)[C@H]1O. The molecule has 0 bridgehead atoms. The quantitative estimate of drug-likeness (QED) is 0.335. The van der Waals surface area contributed by atoms with E-state index in [1.54, 1.807) is 0 Å². The van der Waals surface area contributed by atoms with Crippen LogP contribution in [0.3, 0.4) is 0 Å². The second kappa shape index (κ2) is 3.36. The molecule has 6 nitrogen and oxygen atoms in total. The molecule has 70 valence electrons. The second-order valence-electron chi connectivity index (χ2n) is 2.59. The van der Waals surface area contributed by atoms with Crippen LogP contribution in [0.4, 0.5) is 0 Å². The number of ether oxygens (including phenoxy) is 1. The fourth-order valence-electron chi connectivity index (χ4n) is 1.00. The van der Waals surface area contributed by atoms with Crippen molar-refractivity contribution in [3.63, 3.8) is 0 Å². The first-order chi connectivity index (χ1) is 5.57. The Labute approximate surface area is 68.0 Å². The molecule has 0 aromatic carbocycles. The Morgan fingerprint density at radius 3 is 2.42 bits per heavy atom. The van der Waals surface area contributed by atoms with Crippen LogP contribution in [0, 0.1) is 0 Å². The van der Waals surface area contributed by atoms with Crippen molar-refractivity contribution in [3.8, 4) is 0 Å². The van der Waals surface area contributed by atoms with Crippen LogP contribution in [0.5, 0.6) is 0 Å². The molecule has 0 saturated carbocycles. The van der Waals surface area contributed by atoms with E-state index in [4.69, 9.17) is 20.4 Å². The summed E-state index contributed by atoms with van der Waals surface area (Å²) in [5.74, 6) is -0.986. The third-order valence-corrected chi connectivity index (χ3v) is 1.72. The van der Waals surface area contributed by atoms with E-state index < -0.39 is 37.0 Å². The molecule has 4 atom stereocenters. The first kappa shape index (κ1) is 9.40. The van der Waals surface area contributed by atoms with Gasteiger partial charge in [-0.3, -0.25) is 0 Å². The summed E-state index contributed by atoms with van der Waals surface area (Å²) in [6, 6.07) is 0. The van der Waals surface area contributed by atoms with E-state index in [9.17, 15) is 4.79 Å². The molecule has 0 spiro atoms. The average molecular weight is 178 g/mol. The highest BCUT2D eigenvalue weighted by Gasteiger charge is 2.45. The highest BCUT2D eigenvalue weighted by molar-refractivity contribution is 5.77. The summed E-state index contributed by atoms with van der Waals surface area (Å²) in [6.45, 7) is -0.637. The van der Waals surface area contributed by atoms with Crippen molar-refractivity contribution in [1.82, 2.24) is 0 Å². The Kier molecular flexibility index (Phi) is 2.63. The van der Waals surface area contributed by atoms with Crippen LogP contribution in [-0.4, -0.2) is 57.4 Å². The number of hydrogen-bond donors (Lipinski definition) is 4. The molecule has 1 aliphatic rings. The Bertz CT molecular complexity index is 181. The van der Waals surface area contributed by atoms with Gasteiger partial charge in [-0.15, -0.1) is 0 Å². The number of aliphatic hydroxyl groups is 4. The highest BCUT2D eigenvalue weighted by atomic mass is 16.6. The maximum Gasteiger partial charge on any atom is 0.338 e. The molecular weight excluding hydrogens is 168 g/mol. The van der Waals surface area contributed by atoms with Gasteiger partial charge in [0.1, 0.15) is 12.2 Å². The molecule has 0 aromatic rings. The van der Waals surface area contributed by atoms with Crippen molar-refractivity contribution in [2.24, 2.45) is 0 Å². The lowest BCUT2D eigenvalue weighted by molar-refractivity contribution is -0.151. The Hall–Kier alpha value is -0.690. The number of hydrogen-bond acceptors (Lipinski definition) is 6. The molecule has 1 fully saturated rings. The molecule has 6 heteroatoms. The zero-order chi connectivity index (χ0) is 9.30. The lowest BCUT2D eigenvalue weighted by Crippen LogP contribution is -2.40.